The second-order valence-corrected chi connectivity index (χ2v) is 16.0. The van der Waals surface area contributed by atoms with Crippen LogP contribution in [0.15, 0.2) is 117 Å². The summed E-state index contributed by atoms with van der Waals surface area (Å²) in [6.07, 6.45) is 11.5. The minimum absolute atomic E-state index is 0. The smallest absolute Gasteiger partial charge is 0.106 e. The van der Waals surface area contributed by atoms with E-state index < -0.39 is 0 Å². The van der Waals surface area contributed by atoms with Gasteiger partial charge < -0.3 is 18.0 Å². The molecule has 6 aromatic rings. The predicted molar refractivity (Wildman–Crippen MR) is 330 cm³/mol. The summed E-state index contributed by atoms with van der Waals surface area (Å²) in [6, 6.07) is 18.7. The third-order valence-corrected chi connectivity index (χ3v) is 9.62. The van der Waals surface area contributed by atoms with Crippen LogP contribution in [0.3, 0.4) is 0 Å². The van der Waals surface area contributed by atoms with Crippen LogP contribution in [-0.2, 0) is 14.1 Å². The molecule has 6 rings (SSSR count). The van der Waals surface area contributed by atoms with Crippen molar-refractivity contribution in [2.45, 2.75) is 246 Å². The number of aromatic nitrogens is 2. The van der Waals surface area contributed by atoms with Gasteiger partial charge in [0.25, 0.3) is 0 Å². The monoisotopic (exact) mass is 995 g/mol. The lowest BCUT2D eigenvalue weighted by molar-refractivity contribution is 0.487. The highest BCUT2D eigenvalue weighted by molar-refractivity contribution is 7.10. The molecule has 0 aliphatic heterocycles. The molecular formula is C62H126N2O2S2. The molecule has 0 aliphatic carbocycles. The number of aryl methyl sites for hydroxylation is 2. The van der Waals surface area contributed by atoms with Crippen molar-refractivity contribution in [1.82, 2.24) is 9.13 Å². The molecule has 0 radical (unpaired) electrons. The highest BCUT2D eigenvalue weighted by Gasteiger charge is 2.01. The summed E-state index contributed by atoms with van der Waals surface area (Å²) in [7, 11) is 4.13. The summed E-state index contributed by atoms with van der Waals surface area (Å²) in [5.41, 5.74) is 5.53. The second kappa shape index (κ2) is 67.8. The van der Waals surface area contributed by atoms with Gasteiger partial charge in [-0.1, -0.05) is 217 Å². The Labute approximate surface area is 439 Å². The van der Waals surface area contributed by atoms with Gasteiger partial charge in [-0.2, -0.15) is 11.3 Å². The minimum atomic E-state index is 0. The van der Waals surface area contributed by atoms with Gasteiger partial charge in [-0.05, 0) is 111 Å². The number of hydrogen-bond donors (Lipinski definition) is 0. The van der Waals surface area contributed by atoms with Crippen LogP contribution in [0.25, 0.3) is 0 Å². The molecule has 0 spiro atoms. The van der Waals surface area contributed by atoms with Crippen molar-refractivity contribution >= 4 is 22.7 Å². The summed E-state index contributed by atoms with van der Waals surface area (Å²) in [6.45, 7) is 50.2. The number of furan rings is 2. The third-order valence-electron chi connectivity index (χ3n) is 7.74. The first kappa shape index (κ1) is 94.4. The molecule has 0 atom stereocenters. The Morgan fingerprint density at radius 3 is 1.12 bits per heavy atom. The van der Waals surface area contributed by atoms with Crippen molar-refractivity contribution < 1.29 is 8.83 Å². The summed E-state index contributed by atoms with van der Waals surface area (Å²) < 4.78 is 14.2. The van der Waals surface area contributed by atoms with Crippen molar-refractivity contribution in [3.05, 3.63) is 141 Å². The molecule has 6 heteroatoms. The predicted octanol–water partition coefficient (Wildman–Crippen LogP) is 24.8. The van der Waals surface area contributed by atoms with E-state index in [1.807, 2.05) is 120 Å². The van der Waals surface area contributed by atoms with Crippen LogP contribution >= 0.6 is 22.7 Å². The topological polar surface area (TPSA) is 36.1 Å². The largest absolute Gasteiger partial charge is 0.472 e. The van der Waals surface area contributed by atoms with Crippen LogP contribution in [0, 0.1) is 0 Å². The zero-order valence-electron chi connectivity index (χ0n) is 45.4. The molecule has 0 unspecified atom stereocenters. The van der Waals surface area contributed by atoms with Crippen LogP contribution in [0.1, 0.15) is 279 Å². The first-order valence-corrected chi connectivity index (χ1v) is 25.8. The zero-order valence-corrected chi connectivity index (χ0v) is 47.0. The van der Waals surface area contributed by atoms with Gasteiger partial charge in [-0.15, -0.1) is 11.3 Å². The lowest BCUT2D eigenvalue weighted by Crippen LogP contribution is -1.95. The molecular weight excluding hydrogens is 869 g/mol. The Morgan fingerprint density at radius 1 is 0.441 bits per heavy atom. The standard InChI is InChI=1S/2C8H13N.2C7H10O.2C7H10S.6C2H6.6CH4/c1-7(2)8-4-5-9(3)6-8;1-7(2)8-5-4-6-9(8)3;1-6(2)7-3-4-8-5-7;1-6(2)7-4-3-5-8-7;1-6(2)7-3-4-8-5-7;1-6(2)7-4-3-5-8-7;6*1-2;;;;;;/h2*4-7H,1-3H3;4*3-6H,1-2H3;6*1-2H3;6*1H4. The third kappa shape index (κ3) is 51.9. The van der Waals surface area contributed by atoms with Crippen molar-refractivity contribution in [3.8, 4) is 0 Å². The van der Waals surface area contributed by atoms with Crippen molar-refractivity contribution in [3.63, 3.8) is 0 Å². The summed E-state index contributed by atoms with van der Waals surface area (Å²) >= 11 is 3.60. The molecule has 68 heavy (non-hydrogen) atoms. The molecule has 4 nitrogen and oxygen atoms in total. The highest BCUT2D eigenvalue weighted by Crippen LogP contribution is 2.19. The molecule has 0 bridgehead atoms. The summed E-state index contributed by atoms with van der Waals surface area (Å²) in [4.78, 5) is 1.48. The average molecular weight is 996 g/mol. The van der Waals surface area contributed by atoms with Gasteiger partial charge in [-0.25, -0.2) is 0 Å². The van der Waals surface area contributed by atoms with Gasteiger partial charge in [0.2, 0.25) is 0 Å². The van der Waals surface area contributed by atoms with Crippen LogP contribution in [0.4, 0.5) is 0 Å². The van der Waals surface area contributed by atoms with E-state index in [1.54, 1.807) is 30.1 Å². The maximum Gasteiger partial charge on any atom is 0.106 e. The summed E-state index contributed by atoms with van der Waals surface area (Å²) in [5, 5.41) is 6.44. The molecule has 408 valence electrons. The van der Waals surface area contributed by atoms with E-state index in [1.165, 1.54) is 27.3 Å². The minimum Gasteiger partial charge on any atom is -0.472 e. The SMILES string of the molecule is C.C.C.C.C.C.CC.CC.CC.CC.CC.CC.CC(C)c1cccn1C.CC(C)c1ccco1.CC(C)c1cccs1.CC(C)c1ccn(C)c1.CC(C)c1ccoc1.CC(C)c1ccsc1. The number of nitrogens with zero attached hydrogens (tertiary/aromatic N) is 2. The quantitative estimate of drug-likeness (QED) is 0.167. The first-order valence-electron chi connectivity index (χ1n) is 24.0. The summed E-state index contributed by atoms with van der Waals surface area (Å²) in [5.74, 6) is 4.87. The normalized spacial score (nSPS) is 8.24. The lowest BCUT2D eigenvalue weighted by Gasteiger charge is -2.04. The Balaban J connectivity index is -0.0000000520. The van der Waals surface area contributed by atoms with Gasteiger partial charge >= 0.3 is 0 Å². The fraction of sp³-hybridized carbons (Fsp3) is 0.613. The van der Waals surface area contributed by atoms with Crippen LogP contribution in [0.2, 0.25) is 0 Å². The Bertz CT molecular complexity index is 1410. The van der Waals surface area contributed by atoms with Crippen molar-refractivity contribution in [1.29, 1.82) is 0 Å². The zero-order chi connectivity index (χ0) is 49.6. The van der Waals surface area contributed by atoms with E-state index in [9.17, 15) is 0 Å². The molecule has 6 aromatic heterocycles. The average Bonchev–Trinajstić information content (AvgIpc) is 4.15. The van der Waals surface area contributed by atoms with Gasteiger partial charge in [0.05, 0.1) is 18.8 Å². The second-order valence-electron chi connectivity index (χ2n) is 14.2. The van der Waals surface area contributed by atoms with E-state index in [2.05, 4.69) is 170 Å². The fourth-order valence-electron chi connectivity index (χ4n) is 4.39. The van der Waals surface area contributed by atoms with E-state index in [4.69, 9.17) is 8.83 Å². The Kier molecular flexibility index (Phi) is 94.1. The van der Waals surface area contributed by atoms with Crippen LogP contribution in [-0.4, -0.2) is 9.13 Å². The first-order chi connectivity index (χ1) is 29.6. The van der Waals surface area contributed by atoms with E-state index in [0.29, 0.717) is 35.5 Å². The van der Waals surface area contributed by atoms with Crippen molar-refractivity contribution in [2.75, 3.05) is 0 Å². The van der Waals surface area contributed by atoms with Gasteiger partial charge in [-0.3, -0.25) is 0 Å². The fourth-order valence-corrected chi connectivity index (χ4v) is 5.95. The Morgan fingerprint density at radius 2 is 0.941 bits per heavy atom. The molecule has 0 fully saturated rings. The lowest BCUT2D eigenvalue weighted by atomic mass is 10.1. The number of rotatable bonds is 6. The Hall–Kier alpha value is -3.48. The van der Waals surface area contributed by atoms with Crippen molar-refractivity contribution in [2.24, 2.45) is 14.1 Å². The molecule has 0 aliphatic rings. The molecule has 0 N–H and O–H groups in total. The van der Waals surface area contributed by atoms with E-state index >= 15 is 0 Å². The van der Waals surface area contributed by atoms with E-state index in [0.717, 1.165) is 5.76 Å². The molecule has 6 heterocycles. The number of hydrogen-bond acceptors (Lipinski definition) is 4. The van der Waals surface area contributed by atoms with Crippen LogP contribution < -0.4 is 0 Å². The molecule has 0 saturated carbocycles. The van der Waals surface area contributed by atoms with Gasteiger partial charge in [0.15, 0.2) is 0 Å². The maximum atomic E-state index is 5.09. The highest BCUT2D eigenvalue weighted by atomic mass is 32.1. The maximum absolute atomic E-state index is 5.09. The van der Waals surface area contributed by atoms with Gasteiger partial charge in [0.1, 0.15) is 5.76 Å². The molecule has 0 aromatic carbocycles. The number of thiophene rings is 2. The van der Waals surface area contributed by atoms with E-state index in [-0.39, 0.29) is 44.6 Å². The molecule has 0 amide bonds. The van der Waals surface area contributed by atoms with Crippen LogP contribution in [0.5, 0.6) is 0 Å². The molecule has 0 saturated heterocycles. The van der Waals surface area contributed by atoms with Gasteiger partial charge in [0, 0.05) is 49.2 Å².